The minimum atomic E-state index is -0.793. The van der Waals surface area contributed by atoms with Crippen LogP contribution in [0.25, 0.3) is 0 Å². The zero-order valence-corrected chi connectivity index (χ0v) is 7.50. The van der Waals surface area contributed by atoms with Crippen LogP contribution in [0.15, 0.2) is 23.8 Å². The third-order valence-corrected chi connectivity index (χ3v) is 2.47. The van der Waals surface area contributed by atoms with Crippen LogP contribution in [0.1, 0.15) is 26.7 Å². The molecule has 12 heavy (non-hydrogen) atoms. The second-order valence-electron chi connectivity index (χ2n) is 3.54. The monoisotopic (exact) mass is 166 g/mol. The van der Waals surface area contributed by atoms with E-state index in [9.17, 15) is 4.79 Å². The van der Waals surface area contributed by atoms with Crippen LogP contribution in [-0.2, 0) is 4.79 Å². The van der Waals surface area contributed by atoms with Crippen molar-refractivity contribution in [2.24, 2.45) is 5.41 Å². The minimum absolute atomic E-state index is 0.0441. The lowest BCUT2D eigenvalue weighted by Crippen LogP contribution is -2.18. The highest BCUT2D eigenvalue weighted by Gasteiger charge is 2.25. The fourth-order valence-electron chi connectivity index (χ4n) is 1.34. The maximum Gasteiger partial charge on any atom is 0.331 e. The van der Waals surface area contributed by atoms with Crippen molar-refractivity contribution in [1.82, 2.24) is 0 Å². The molecule has 0 aromatic heterocycles. The number of rotatable bonds is 2. The molecule has 2 nitrogen and oxygen atoms in total. The summed E-state index contributed by atoms with van der Waals surface area (Å²) in [7, 11) is 0. The van der Waals surface area contributed by atoms with Gasteiger partial charge in [-0.25, -0.2) is 4.79 Å². The quantitative estimate of drug-likeness (QED) is 0.683. The van der Waals surface area contributed by atoms with Crippen molar-refractivity contribution in [1.29, 1.82) is 0 Å². The lowest BCUT2D eigenvalue weighted by atomic mass is 9.78. The summed E-state index contributed by atoms with van der Waals surface area (Å²) in [5.41, 5.74) is 0.560. The van der Waals surface area contributed by atoms with Gasteiger partial charge in [0.15, 0.2) is 0 Å². The standard InChI is InChI=1S/C10H14O2/c1-3-10(2)6-4-5-8(7-10)9(11)12/h4-6H,3,7H2,1-2H3,(H,11,12). The molecule has 0 fully saturated rings. The van der Waals surface area contributed by atoms with E-state index in [0.29, 0.717) is 12.0 Å². The predicted octanol–water partition coefficient (Wildman–Crippen LogP) is 2.37. The molecule has 1 unspecified atom stereocenters. The molecule has 1 aliphatic carbocycles. The Morgan fingerprint density at radius 1 is 1.75 bits per heavy atom. The van der Waals surface area contributed by atoms with Gasteiger partial charge >= 0.3 is 5.97 Å². The molecule has 0 spiro atoms. The van der Waals surface area contributed by atoms with Gasteiger partial charge in [0.2, 0.25) is 0 Å². The van der Waals surface area contributed by atoms with Crippen LogP contribution in [-0.4, -0.2) is 11.1 Å². The van der Waals surface area contributed by atoms with Crippen LogP contribution < -0.4 is 0 Å². The minimum Gasteiger partial charge on any atom is -0.478 e. The molecule has 66 valence electrons. The van der Waals surface area contributed by atoms with E-state index in [1.807, 2.05) is 6.08 Å². The molecule has 0 saturated heterocycles. The second-order valence-corrected chi connectivity index (χ2v) is 3.54. The number of carboxylic acids is 1. The Kier molecular flexibility index (Phi) is 2.36. The molecule has 0 heterocycles. The zero-order chi connectivity index (χ0) is 9.19. The highest BCUT2D eigenvalue weighted by Crippen LogP contribution is 2.33. The molecule has 1 N–H and O–H groups in total. The molecule has 0 saturated carbocycles. The van der Waals surface area contributed by atoms with Gasteiger partial charge in [-0.05, 0) is 18.3 Å². The molecular weight excluding hydrogens is 152 g/mol. The third-order valence-electron chi connectivity index (χ3n) is 2.47. The summed E-state index contributed by atoms with van der Waals surface area (Å²) in [6.07, 6.45) is 7.24. The molecule has 2 heteroatoms. The number of hydrogen-bond acceptors (Lipinski definition) is 1. The van der Waals surface area contributed by atoms with E-state index in [2.05, 4.69) is 19.9 Å². The fraction of sp³-hybridized carbons (Fsp3) is 0.500. The highest BCUT2D eigenvalue weighted by atomic mass is 16.4. The summed E-state index contributed by atoms with van der Waals surface area (Å²) >= 11 is 0. The highest BCUT2D eigenvalue weighted by molar-refractivity contribution is 5.87. The van der Waals surface area contributed by atoms with Gasteiger partial charge in [-0.3, -0.25) is 0 Å². The predicted molar refractivity (Wildman–Crippen MR) is 47.9 cm³/mol. The van der Waals surface area contributed by atoms with Gasteiger partial charge in [-0.15, -0.1) is 0 Å². The van der Waals surface area contributed by atoms with Gasteiger partial charge in [0.1, 0.15) is 0 Å². The van der Waals surface area contributed by atoms with Crippen molar-refractivity contribution in [3.8, 4) is 0 Å². The molecule has 0 aliphatic heterocycles. The summed E-state index contributed by atoms with van der Waals surface area (Å²) in [4.78, 5) is 10.7. The van der Waals surface area contributed by atoms with Crippen molar-refractivity contribution in [3.63, 3.8) is 0 Å². The van der Waals surface area contributed by atoms with Crippen LogP contribution in [0.2, 0.25) is 0 Å². The normalized spacial score (nSPS) is 28.3. The average molecular weight is 166 g/mol. The molecule has 0 amide bonds. The largest absolute Gasteiger partial charge is 0.478 e. The smallest absolute Gasteiger partial charge is 0.331 e. The molecule has 1 aliphatic rings. The lowest BCUT2D eigenvalue weighted by Gasteiger charge is -2.26. The van der Waals surface area contributed by atoms with Gasteiger partial charge in [-0.1, -0.05) is 32.1 Å². The van der Waals surface area contributed by atoms with Gasteiger partial charge in [0.05, 0.1) is 0 Å². The van der Waals surface area contributed by atoms with E-state index in [-0.39, 0.29) is 5.41 Å². The third kappa shape index (κ3) is 1.76. The summed E-state index contributed by atoms with van der Waals surface area (Å²) in [5.74, 6) is -0.793. The Labute approximate surface area is 72.6 Å². The molecule has 1 rings (SSSR count). The molecule has 0 aromatic rings. The number of hydrogen-bond donors (Lipinski definition) is 1. The Balaban J connectivity index is 2.80. The first kappa shape index (κ1) is 9.04. The van der Waals surface area contributed by atoms with E-state index in [1.54, 1.807) is 6.08 Å². The van der Waals surface area contributed by atoms with Gasteiger partial charge in [0.25, 0.3) is 0 Å². The topological polar surface area (TPSA) is 37.3 Å². The number of carbonyl (C=O) groups is 1. The van der Waals surface area contributed by atoms with E-state index in [4.69, 9.17) is 5.11 Å². The molecule has 1 atom stereocenters. The summed E-state index contributed by atoms with van der Waals surface area (Å²) in [6, 6.07) is 0. The first-order valence-corrected chi connectivity index (χ1v) is 4.19. The van der Waals surface area contributed by atoms with E-state index in [1.165, 1.54) is 0 Å². The molecular formula is C10H14O2. The maximum atomic E-state index is 10.7. The van der Waals surface area contributed by atoms with E-state index < -0.39 is 5.97 Å². The van der Waals surface area contributed by atoms with Gasteiger partial charge in [0, 0.05) is 5.57 Å². The van der Waals surface area contributed by atoms with Crippen molar-refractivity contribution in [3.05, 3.63) is 23.8 Å². The van der Waals surface area contributed by atoms with Gasteiger partial charge < -0.3 is 5.11 Å². The average Bonchev–Trinajstić information content (AvgIpc) is 2.05. The maximum absolute atomic E-state index is 10.7. The van der Waals surface area contributed by atoms with Crippen molar-refractivity contribution in [2.45, 2.75) is 26.7 Å². The molecule has 0 radical (unpaired) electrons. The molecule has 0 bridgehead atoms. The number of carboxylic acid groups (broad SMARTS) is 1. The second kappa shape index (κ2) is 3.13. The van der Waals surface area contributed by atoms with Gasteiger partial charge in [-0.2, -0.15) is 0 Å². The van der Waals surface area contributed by atoms with Crippen molar-refractivity contribution >= 4 is 5.97 Å². The molecule has 0 aromatic carbocycles. The van der Waals surface area contributed by atoms with Crippen LogP contribution >= 0.6 is 0 Å². The van der Waals surface area contributed by atoms with E-state index >= 15 is 0 Å². The van der Waals surface area contributed by atoms with Crippen LogP contribution in [0.4, 0.5) is 0 Å². The first-order chi connectivity index (χ1) is 5.57. The lowest BCUT2D eigenvalue weighted by molar-refractivity contribution is -0.133. The Morgan fingerprint density at radius 2 is 2.42 bits per heavy atom. The van der Waals surface area contributed by atoms with E-state index in [0.717, 1.165) is 6.42 Å². The Morgan fingerprint density at radius 3 is 2.92 bits per heavy atom. The first-order valence-electron chi connectivity index (χ1n) is 4.19. The zero-order valence-electron chi connectivity index (χ0n) is 7.50. The SMILES string of the molecule is CCC1(C)C=CC=C(C(=O)O)C1. The Bertz CT molecular complexity index is 251. The summed E-state index contributed by atoms with van der Waals surface area (Å²) in [6.45, 7) is 4.16. The fourth-order valence-corrected chi connectivity index (χ4v) is 1.34. The van der Waals surface area contributed by atoms with Crippen molar-refractivity contribution in [2.75, 3.05) is 0 Å². The Hall–Kier alpha value is -1.05. The summed E-state index contributed by atoms with van der Waals surface area (Å²) < 4.78 is 0. The van der Waals surface area contributed by atoms with Crippen LogP contribution in [0, 0.1) is 5.41 Å². The number of allylic oxidation sites excluding steroid dienone is 3. The van der Waals surface area contributed by atoms with Crippen LogP contribution in [0.3, 0.4) is 0 Å². The van der Waals surface area contributed by atoms with Crippen molar-refractivity contribution < 1.29 is 9.90 Å². The number of aliphatic carboxylic acids is 1. The summed E-state index contributed by atoms with van der Waals surface area (Å²) in [5, 5.41) is 8.76. The van der Waals surface area contributed by atoms with Crippen LogP contribution in [0.5, 0.6) is 0 Å².